The summed E-state index contributed by atoms with van der Waals surface area (Å²) in [6.07, 6.45) is -10.7. The number of hydrogen-bond acceptors (Lipinski definition) is 3. The molecule has 0 unspecified atom stereocenters. The smallest absolute Gasteiger partial charge is 0.416 e. The van der Waals surface area contributed by atoms with Gasteiger partial charge in [-0.1, -0.05) is 35.9 Å². The Hall–Kier alpha value is -3.57. The Morgan fingerprint density at radius 2 is 1.38 bits per heavy atom. The molecule has 0 saturated carbocycles. The molecular formula is C27H17ClF6O4S. The Labute approximate surface area is 223 Å². The van der Waals surface area contributed by atoms with Gasteiger partial charge in [-0.05, 0) is 82.4 Å². The molecule has 12 heteroatoms. The molecular weight excluding hydrogens is 570 g/mol. The number of aliphatic carboxylic acids is 1. The number of halogens is 7. The number of carboxylic acids is 1. The molecule has 0 saturated heterocycles. The van der Waals surface area contributed by atoms with Crippen molar-refractivity contribution in [3.63, 3.8) is 0 Å². The van der Waals surface area contributed by atoms with Crippen LogP contribution in [-0.4, -0.2) is 19.5 Å². The molecule has 1 N–H and O–H groups in total. The van der Waals surface area contributed by atoms with E-state index in [0.29, 0.717) is 38.0 Å². The SMILES string of the molecule is Cc1c(CC(=O)O)cc2ccc(Cl)cc2c1-c1ccc(S(=O)(=O)c2cc(C(F)(F)F)cc(C(F)(F)F)c2)cc1. The van der Waals surface area contributed by atoms with Crippen molar-refractivity contribution >= 4 is 38.2 Å². The molecule has 0 radical (unpaired) electrons. The number of benzene rings is 4. The van der Waals surface area contributed by atoms with Crippen LogP contribution in [0.15, 0.2) is 76.5 Å². The van der Waals surface area contributed by atoms with Crippen LogP contribution in [0.25, 0.3) is 21.9 Å². The monoisotopic (exact) mass is 586 g/mol. The van der Waals surface area contributed by atoms with Gasteiger partial charge in [0.2, 0.25) is 9.84 Å². The van der Waals surface area contributed by atoms with Crippen molar-refractivity contribution in [3.05, 3.63) is 94.0 Å². The number of alkyl halides is 6. The summed E-state index contributed by atoms with van der Waals surface area (Å²) in [7, 11) is -4.79. The summed E-state index contributed by atoms with van der Waals surface area (Å²) in [5.41, 5.74) is -1.44. The van der Waals surface area contributed by atoms with Gasteiger partial charge in [0.25, 0.3) is 0 Å². The van der Waals surface area contributed by atoms with Crippen LogP contribution < -0.4 is 0 Å². The molecule has 0 atom stereocenters. The lowest BCUT2D eigenvalue weighted by Crippen LogP contribution is -2.13. The fraction of sp³-hybridized carbons (Fsp3) is 0.148. The molecule has 39 heavy (non-hydrogen) atoms. The molecule has 0 spiro atoms. The highest BCUT2D eigenvalue weighted by atomic mass is 35.5. The third kappa shape index (κ3) is 5.74. The third-order valence-electron chi connectivity index (χ3n) is 6.14. The number of carbonyl (C=O) groups is 1. The van der Waals surface area contributed by atoms with Crippen molar-refractivity contribution in [1.29, 1.82) is 0 Å². The fourth-order valence-corrected chi connectivity index (χ4v) is 5.77. The molecule has 4 aromatic carbocycles. The van der Waals surface area contributed by atoms with E-state index in [-0.39, 0.29) is 24.6 Å². The van der Waals surface area contributed by atoms with Crippen LogP contribution >= 0.6 is 11.6 Å². The minimum absolute atomic E-state index is 0.148. The molecule has 4 nitrogen and oxygen atoms in total. The topological polar surface area (TPSA) is 71.4 Å². The van der Waals surface area contributed by atoms with E-state index < -0.39 is 49.1 Å². The van der Waals surface area contributed by atoms with Crippen molar-refractivity contribution in [2.24, 2.45) is 0 Å². The molecule has 4 rings (SSSR count). The summed E-state index contributed by atoms with van der Waals surface area (Å²) in [6, 6.07) is 11.7. The lowest BCUT2D eigenvalue weighted by molar-refractivity contribution is -0.143. The zero-order valence-electron chi connectivity index (χ0n) is 19.8. The van der Waals surface area contributed by atoms with Crippen molar-refractivity contribution in [2.75, 3.05) is 0 Å². The summed E-state index contributed by atoms with van der Waals surface area (Å²) in [5, 5.41) is 11.0. The number of fused-ring (bicyclic) bond motifs is 1. The Morgan fingerprint density at radius 1 is 0.821 bits per heavy atom. The third-order valence-corrected chi connectivity index (χ3v) is 8.12. The molecule has 0 aliphatic rings. The first-order chi connectivity index (χ1) is 18.0. The van der Waals surface area contributed by atoms with Crippen LogP contribution in [0, 0.1) is 6.92 Å². The maximum Gasteiger partial charge on any atom is 0.416 e. The predicted octanol–water partition coefficient (Wildman–Crippen LogP) is 7.97. The highest BCUT2D eigenvalue weighted by Gasteiger charge is 2.38. The van der Waals surface area contributed by atoms with Crippen LogP contribution in [0.3, 0.4) is 0 Å². The van der Waals surface area contributed by atoms with Gasteiger partial charge in [-0.2, -0.15) is 26.3 Å². The molecule has 0 aliphatic heterocycles. The molecule has 204 valence electrons. The van der Waals surface area contributed by atoms with Crippen molar-refractivity contribution in [2.45, 2.75) is 35.5 Å². The van der Waals surface area contributed by atoms with Gasteiger partial charge in [-0.3, -0.25) is 4.79 Å². The second-order valence-electron chi connectivity index (χ2n) is 8.74. The normalized spacial score (nSPS) is 12.6. The average molecular weight is 587 g/mol. The van der Waals surface area contributed by atoms with E-state index in [9.17, 15) is 44.7 Å². The van der Waals surface area contributed by atoms with E-state index >= 15 is 0 Å². The molecule has 0 amide bonds. The Morgan fingerprint density at radius 3 is 1.90 bits per heavy atom. The van der Waals surface area contributed by atoms with Gasteiger partial charge in [0, 0.05) is 5.02 Å². The van der Waals surface area contributed by atoms with E-state index in [1.807, 2.05) is 0 Å². The largest absolute Gasteiger partial charge is 0.481 e. The Balaban J connectivity index is 1.87. The van der Waals surface area contributed by atoms with Crippen LogP contribution in [0.5, 0.6) is 0 Å². The number of hydrogen-bond donors (Lipinski definition) is 1. The maximum absolute atomic E-state index is 13.3. The summed E-state index contributed by atoms with van der Waals surface area (Å²) in [4.78, 5) is 9.71. The van der Waals surface area contributed by atoms with E-state index in [1.54, 1.807) is 31.2 Å². The van der Waals surface area contributed by atoms with Gasteiger partial charge in [-0.15, -0.1) is 0 Å². The first kappa shape index (κ1) is 28.4. The second kappa shape index (κ2) is 9.87. The van der Waals surface area contributed by atoms with Crippen LogP contribution in [0.2, 0.25) is 5.02 Å². The summed E-state index contributed by atoms with van der Waals surface area (Å²) in [5.74, 6) is -1.07. The molecule has 0 heterocycles. The van der Waals surface area contributed by atoms with Crippen molar-refractivity contribution in [3.8, 4) is 11.1 Å². The van der Waals surface area contributed by atoms with Gasteiger partial charge in [0.1, 0.15) is 0 Å². The number of rotatable bonds is 5. The Kier molecular flexibility index (Phi) is 7.20. The van der Waals surface area contributed by atoms with Gasteiger partial charge in [0.05, 0.1) is 27.3 Å². The zero-order chi connectivity index (χ0) is 28.9. The second-order valence-corrected chi connectivity index (χ2v) is 11.1. The first-order valence-corrected chi connectivity index (χ1v) is 12.9. The van der Waals surface area contributed by atoms with E-state index in [0.717, 1.165) is 12.1 Å². The van der Waals surface area contributed by atoms with Crippen LogP contribution in [0.1, 0.15) is 22.3 Å². The molecule has 0 bridgehead atoms. The van der Waals surface area contributed by atoms with E-state index in [1.165, 1.54) is 12.1 Å². The number of sulfone groups is 1. The minimum Gasteiger partial charge on any atom is -0.481 e. The summed E-state index contributed by atoms with van der Waals surface area (Å²) >= 11 is 6.16. The molecule has 0 fully saturated rings. The van der Waals surface area contributed by atoms with E-state index in [4.69, 9.17) is 11.6 Å². The molecule has 0 aromatic heterocycles. The van der Waals surface area contributed by atoms with Gasteiger partial charge in [-0.25, -0.2) is 8.42 Å². The number of carboxylic acid groups (broad SMARTS) is 1. The summed E-state index contributed by atoms with van der Waals surface area (Å²) < 4.78 is 106. The average Bonchev–Trinajstić information content (AvgIpc) is 2.83. The fourth-order valence-electron chi connectivity index (χ4n) is 4.27. The standard InChI is InChI=1S/C27H17ClF6O4S/c1-14-17(9-24(35)36)8-16-2-5-20(28)13-23(16)25(14)15-3-6-21(7-4-15)39(37,38)22-11-18(26(29,30)31)10-19(12-22)27(32,33)34/h2-8,10-13H,9H2,1H3,(H,35,36). The van der Waals surface area contributed by atoms with Crippen molar-refractivity contribution < 1.29 is 44.7 Å². The highest BCUT2D eigenvalue weighted by molar-refractivity contribution is 7.91. The lowest BCUT2D eigenvalue weighted by atomic mass is 9.89. The molecule has 4 aromatic rings. The minimum atomic E-state index is -5.21. The predicted molar refractivity (Wildman–Crippen MR) is 132 cm³/mol. The Bertz CT molecular complexity index is 1680. The lowest BCUT2D eigenvalue weighted by Gasteiger charge is -2.16. The van der Waals surface area contributed by atoms with Gasteiger partial charge < -0.3 is 5.11 Å². The van der Waals surface area contributed by atoms with Gasteiger partial charge in [0.15, 0.2) is 0 Å². The van der Waals surface area contributed by atoms with Crippen LogP contribution in [0.4, 0.5) is 26.3 Å². The summed E-state index contributed by atoms with van der Waals surface area (Å²) in [6.45, 7) is 1.68. The quantitative estimate of drug-likeness (QED) is 0.241. The van der Waals surface area contributed by atoms with Crippen molar-refractivity contribution in [1.82, 2.24) is 0 Å². The zero-order valence-corrected chi connectivity index (χ0v) is 21.4. The van der Waals surface area contributed by atoms with Gasteiger partial charge >= 0.3 is 18.3 Å². The first-order valence-electron chi connectivity index (χ1n) is 11.1. The molecule has 0 aliphatic carbocycles. The maximum atomic E-state index is 13.3. The van der Waals surface area contributed by atoms with Crippen LogP contribution in [-0.2, 0) is 33.4 Å². The highest BCUT2D eigenvalue weighted by Crippen LogP contribution is 2.40. The van der Waals surface area contributed by atoms with E-state index in [2.05, 4.69) is 0 Å².